The normalized spacial score (nSPS) is 11.3. The van der Waals surface area contributed by atoms with Crippen LogP contribution in [0.15, 0.2) is 27.8 Å². The van der Waals surface area contributed by atoms with Crippen LogP contribution < -0.4 is 11.1 Å². The first-order valence-electron chi connectivity index (χ1n) is 5.82. The molecule has 0 aliphatic rings. The Morgan fingerprint density at radius 2 is 2.00 bits per heavy atom. The Morgan fingerprint density at radius 1 is 1.29 bits per heavy atom. The van der Waals surface area contributed by atoms with E-state index in [1.165, 1.54) is 0 Å². The van der Waals surface area contributed by atoms with Crippen LogP contribution >= 0.6 is 0 Å². The molecule has 2 rings (SSSR count). The number of aryl methyl sites for hydroxylation is 1. The zero-order valence-electron chi connectivity index (χ0n) is 10.3. The number of fused-ring (bicyclic) bond motifs is 1. The molecule has 1 aromatic heterocycles. The van der Waals surface area contributed by atoms with Crippen molar-refractivity contribution in [2.45, 2.75) is 33.2 Å². The van der Waals surface area contributed by atoms with Crippen LogP contribution in [-0.2, 0) is 6.54 Å². The minimum Gasteiger partial charge on any atom is -0.316 e. The summed E-state index contributed by atoms with van der Waals surface area (Å²) in [6.45, 7) is 6.52. The number of hydrogen-bond acceptors (Lipinski definition) is 2. The van der Waals surface area contributed by atoms with Gasteiger partial charge in [0.2, 0.25) is 0 Å². The summed E-state index contributed by atoms with van der Waals surface area (Å²) in [6, 6.07) is 5.73. The smallest absolute Gasteiger partial charge is 0.316 e. The molecule has 0 atom stereocenters. The molecule has 4 nitrogen and oxygen atoms in total. The Labute approximate surface area is 98.9 Å². The van der Waals surface area contributed by atoms with E-state index >= 15 is 0 Å². The highest BCUT2D eigenvalue weighted by Gasteiger charge is 2.11. The molecular weight excluding hydrogens is 216 g/mol. The van der Waals surface area contributed by atoms with E-state index in [-0.39, 0.29) is 0 Å². The van der Waals surface area contributed by atoms with Crippen molar-refractivity contribution >= 4 is 11.0 Å². The molecule has 1 heterocycles. The molecule has 0 spiro atoms. The van der Waals surface area contributed by atoms with Crippen LogP contribution in [0.25, 0.3) is 11.0 Å². The second-order valence-corrected chi connectivity index (χ2v) is 4.40. The summed E-state index contributed by atoms with van der Waals surface area (Å²) in [5.41, 5.74) is 1.61. The number of para-hydroxylation sites is 1. The van der Waals surface area contributed by atoms with Crippen LogP contribution in [0.3, 0.4) is 0 Å². The van der Waals surface area contributed by atoms with Gasteiger partial charge in [-0.15, -0.1) is 0 Å². The molecule has 4 heteroatoms. The predicted octanol–water partition coefficient (Wildman–Crippen LogP) is 1.83. The van der Waals surface area contributed by atoms with Gasteiger partial charge in [-0.05, 0) is 24.5 Å². The number of H-pyrrole nitrogens is 1. The summed E-state index contributed by atoms with van der Waals surface area (Å²) in [6.07, 6.45) is 0. The van der Waals surface area contributed by atoms with Gasteiger partial charge in [0, 0.05) is 6.54 Å². The summed E-state index contributed by atoms with van der Waals surface area (Å²) >= 11 is 0. The Balaban J connectivity index is 3.03. The van der Waals surface area contributed by atoms with E-state index in [4.69, 9.17) is 0 Å². The highest BCUT2D eigenvalue weighted by Crippen LogP contribution is 2.22. The maximum Gasteiger partial charge on any atom is 0.316 e. The molecule has 0 aliphatic carbocycles. The summed E-state index contributed by atoms with van der Waals surface area (Å²) in [5.74, 6) is 0.307. The third-order valence-corrected chi connectivity index (χ3v) is 2.96. The van der Waals surface area contributed by atoms with Gasteiger partial charge in [0.1, 0.15) is 0 Å². The number of aromatic nitrogens is 2. The van der Waals surface area contributed by atoms with Crippen molar-refractivity contribution in [3.63, 3.8) is 0 Å². The largest absolute Gasteiger partial charge is 0.316 e. The van der Waals surface area contributed by atoms with E-state index in [9.17, 15) is 9.59 Å². The van der Waals surface area contributed by atoms with Gasteiger partial charge in [0.15, 0.2) is 0 Å². The van der Waals surface area contributed by atoms with E-state index in [0.29, 0.717) is 12.5 Å². The number of aromatic amines is 1. The number of rotatable bonds is 2. The Kier molecular flexibility index (Phi) is 2.88. The zero-order valence-corrected chi connectivity index (χ0v) is 10.3. The summed E-state index contributed by atoms with van der Waals surface area (Å²) < 4.78 is 1.55. The average molecular weight is 232 g/mol. The van der Waals surface area contributed by atoms with Gasteiger partial charge in [-0.3, -0.25) is 9.59 Å². The number of benzene rings is 1. The molecule has 1 aromatic carbocycles. The van der Waals surface area contributed by atoms with E-state index < -0.39 is 11.1 Å². The molecule has 0 saturated heterocycles. The van der Waals surface area contributed by atoms with Crippen LogP contribution in [0.4, 0.5) is 0 Å². The van der Waals surface area contributed by atoms with Crippen molar-refractivity contribution in [2.75, 3.05) is 0 Å². The molecule has 0 unspecified atom stereocenters. The molecule has 0 radical (unpaired) electrons. The number of nitrogens with zero attached hydrogens (tertiary/aromatic N) is 1. The first kappa shape index (κ1) is 11.6. The van der Waals surface area contributed by atoms with E-state index in [2.05, 4.69) is 18.8 Å². The van der Waals surface area contributed by atoms with Crippen LogP contribution in [-0.4, -0.2) is 9.55 Å². The predicted molar refractivity (Wildman–Crippen MR) is 68.6 cm³/mol. The van der Waals surface area contributed by atoms with E-state index in [1.54, 1.807) is 4.57 Å². The Hall–Kier alpha value is -1.84. The monoisotopic (exact) mass is 232 g/mol. The fourth-order valence-electron chi connectivity index (χ4n) is 2.13. The highest BCUT2D eigenvalue weighted by atomic mass is 16.2. The molecule has 0 aliphatic heterocycles. The van der Waals surface area contributed by atoms with Gasteiger partial charge >= 0.3 is 11.1 Å². The maximum absolute atomic E-state index is 11.8. The molecule has 0 fully saturated rings. The van der Waals surface area contributed by atoms with Gasteiger partial charge in [-0.1, -0.05) is 26.0 Å². The summed E-state index contributed by atoms with van der Waals surface area (Å²) in [4.78, 5) is 26.0. The number of hydrogen-bond donors (Lipinski definition) is 1. The van der Waals surface area contributed by atoms with Crippen LogP contribution in [0.1, 0.15) is 32.3 Å². The topological polar surface area (TPSA) is 54.9 Å². The minimum absolute atomic E-state index is 0.307. The van der Waals surface area contributed by atoms with Crippen LogP contribution in [0.2, 0.25) is 0 Å². The molecular formula is C13H16N2O2. The Morgan fingerprint density at radius 3 is 2.59 bits per heavy atom. The van der Waals surface area contributed by atoms with Crippen molar-refractivity contribution in [1.29, 1.82) is 0 Å². The van der Waals surface area contributed by atoms with Gasteiger partial charge in [-0.25, -0.2) is 0 Å². The maximum atomic E-state index is 11.8. The lowest BCUT2D eigenvalue weighted by molar-refractivity contribution is 0.733. The second kappa shape index (κ2) is 4.20. The van der Waals surface area contributed by atoms with Crippen molar-refractivity contribution in [2.24, 2.45) is 0 Å². The molecule has 90 valence electrons. The second-order valence-electron chi connectivity index (χ2n) is 4.40. The molecule has 0 saturated carbocycles. The van der Waals surface area contributed by atoms with Gasteiger partial charge < -0.3 is 9.55 Å². The van der Waals surface area contributed by atoms with Crippen LogP contribution in [0.5, 0.6) is 0 Å². The van der Waals surface area contributed by atoms with E-state index in [0.717, 1.165) is 16.6 Å². The molecule has 2 aromatic rings. The first-order valence-corrected chi connectivity index (χ1v) is 5.82. The molecule has 17 heavy (non-hydrogen) atoms. The third-order valence-electron chi connectivity index (χ3n) is 2.96. The first-order chi connectivity index (χ1) is 8.06. The number of nitrogens with one attached hydrogen (secondary N) is 1. The Bertz CT molecular complexity index is 665. The SMILES string of the molecule is CCn1c(=O)c(=O)[nH]c2cccc(C(C)C)c21. The zero-order chi connectivity index (χ0) is 12.6. The van der Waals surface area contributed by atoms with Gasteiger partial charge in [-0.2, -0.15) is 0 Å². The minimum atomic E-state index is -0.555. The lowest BCUT2D eigenvalue weighted by Crippen LogP contribution is -2.36. The third kappa shape index (κ3) is 1.79. The lowest BCUT2D eigenvalue weighted by Gasteiger charge is -2.14. The van der Waals surface area contributed by atoms with Crippen LogP contribution in [0, 0.1) is 0 Å². The lowest BCUT2D eigenvalue weighted by atomic mass is 10.0. The van der Waals surface area contributed by atoms with Gasteiger partial charge in [0.05, 0.1) is 11.0 Å². The van der Waals surface area contributed by atoms with Crippen molar-refractivity contribution in [3.05, 3.63) is 44.5 Å². The molecule has 1 N–H and O–H groups in total. The average Bonchev–Trinajstić information content (AvgIpc) is 2.30. The standard InChI is InChI=1S/C13H16N2O2/c1-4-15-11-9(8(2)3)6-5-7-10(11)14-12(16)13(15)17/h5-8H,4H2,1-3H3,(H,14,16). The highest BCUT2D eigenvalue weighted by molar-refractivity contribution is 5.78. The van der Waals surface area contributed by atoms with Gasteiger partial charge in [0.25, 0.3) is 0 Å². The molecule has 0 amide bonds. The molecule has 0 bridgehead atoms. The van der Waals surface area contributed by atoms with Crippen molar-refractivity contribution < 1.29 is 0 Å². The fourth-order valence-corrected chi connectivity index (χ4v) is 2.13. The van der Waals surface area contributed by atoms with E-state index in [1.807, 2.05) is 25.1 Å². The summed E-state index contributed by atoms with van der Waals surface area (Å²) in [7, 11) is 0. The fraction of sp³-hybridized carbons (Fsp3) is 0.385. The van der Waals surface area contributed by atoms with Crippen molar-refractivity contribution in [1.82, 2.24) is 9.55 Å². The quantitative estimate of drug-likeness (QED) is 0.803. The van der Waals surface area contributed by atoms with Crippen molar-refractivity contribution in [3.8, 4) is 0 Å². The summed E-state index contributed by atoms with van der Waals surface area (Å²) in [5, 5.41) is 0.